The number of para-hydroxylation sites is 2. The van der Waals surface area contributed by atoms with Gasteiger partial charge in [0.15, 0.2) is 0 Å². The number of ether oxygens (including phenoxy) is 1. The fourth-order valence-corrected chi connectivity index (χ4v) is 4.58. The van der Waals surface area contributed by atoms with Crippen molar-refractivity contribution in [1.29, 1.82) is 0 Å². The van der Waals surface area contributed by atoms with Gasteiger partial charge in [0, 0.05) is 59.5 Å². The van der Waals surface area contributed by atoms with E-state index >= 15 is 0 Å². The SMILES string of the molecule is COc1ccccc1CN(CCc1c[nH]c2ccccc12)C(=O)CN(C(=O)c1cccc([N+](=O)[O-])c1)C(C)C. The Hall–Kier alpha value is -4.66. The number of aromatic nitrogens is 1. The Morgan fingerprint density at radius 2 is 1.74 bits per heavy atom. The van der Waals surface area contributed by atoms with Crippen molar-refractivity contribution >= 4 is 28.4 Å². The number of hydrogen-bond acceptors (Lipinski definition) is 5. The van der Waals surface area contributed by atoms with Crippen LogP contribution in [-0.2, 0) is 17.8 Å². The summed E-state index contributed by atoms with van der Waals surface area (Å²) in [6, 6.07) is 20.8. The number of nitro groups is 1. The summed E-state index contributed by atoms with van der Waals surface area (Å²) in [6.45, 7) is 4.21. The fraction of sp³-hybridized carbons (Fsp3) is 0.267. The Morgan fingerprint density at radius 3 is 2.49 bits per heavy atom. The maximum absolute atomic E-state index is 13.8. The lowest BCUT2D eigenvalue weighted by molar-refractivity contribution is -0.384. The predicted octanol–water partition coefficient (Wildman–Crippen LogP) is 5.21. The molecular formula is C30H32N4O5. The fourth-order valence-electron chi connectivity index (χ4n) is 4.58. The number of fused-ring (bicyclic) bond motifs is 1. The van der Waals surface area contributed by atoms with E-state index in [-0.39, 0.29) is 29.7 Å². The molecule has 0 atom stereocenters. The Labute approximate surface area is 227 Å². The van der Waals surface area contributed by atoms with E-state index in [1.165, 1.54) is 29.2 Å². The zero-order valence-corrected chi connectivity index (χ0v) is 22.3. The second kappa shape index (κ2) is 12.3. The van der Waals surface area contributed by atoms with Gasteiger partial charge in [-0.15, -0.1) is 0 Å². The van der Waals surface area contributed by atoms with E-state index in [0.29, 0.717) is 25.3 Å². The number of benzene rings is 3. The largest absolute Gasteiger partial charge is 0.496 e. The van der Waals surface area contributed by atoms with Crippen molar-refractivity contribution in [3.63, 3.8) is 0 Å². The number of amides is 2. The van der Waals surface area contributed by atoms with Crippen LogP contribution in [0.5, 0.6) is 5.75 Å². The molecule has 9 nitrogen and oxygen atoms in total. The van der Waals surface area contributed by atoms with E-state index in [9.17, 15) is 19.7 Å². The molecule has 0 aliphatic carbocycles. The lowest BCUT2D eigenvalue weighted by Gasteiger charge is -2.30. The first kappa shape index (κ1) is 27.4. The van der Waals surface area contributed by atoms with Crippen molar-refractivity contribution in [2.24, 2.45) is 0 Å². The zero-order chi connectivity index (χ0) is 27.9. The maximum Gasteiger partial charge on any atom is 0.270 e. The van der Waals surface area contributed by atoms with Gasteiger partial charge in [-0.25, -0.2) is 0 Å². The standard InChI is InChI=1S/C30H32N4O5/c1-21(2)33(30(36)22-10-8-11-25(17-22)34(37)38)20-29(35)32(19-24-9-4-7-14-28(24)39-3)16-15-23-18-31-27-13-6-5-12-26(23)27/h4-14,17-18,21,31H,15-16,19-20H2,1-3H3. The quantitative estimate of drug-likeness (QED) is 0.212. The van der Waals surface area contributed by atoms with Gasteiger partial charge in [0.25, 0.3) is 11.6 Å². The molecule has 0 saturated heterocycles. The van der Waals surface area contributed by atoms with Crippen LogP contribution in [0.3, 0.4) is 0 Å². The van der Waals surface area contributed by atoms with Gasteiger partial charge in [-0.2, -0.15) is 0 Å². The highest BCUT2D eigenvalue weighted by Crippen LogP contribution is 2.22. The first-order valence-corrected chi connectivity index (χ1v) is 12.8. The van der Waals surface area contributed by atoms with Crippen LogP contribution in [-0.4, -0.2) is 57.8 Å². The van der Waals surface area contributed by atoms with Gasteiger partial charge in [-0.1, -0.05) is 42.5 Å². The van der Waals surface area contributed by atoms with E-state index in [4.69, 9.17) is 4.74 Å². The Morgan fingerprint density at radius 1 is 1.00 bits per heavy atom. The van der Waals surface area contributed by atoms with Crippen molar-refractivity contribution in [2.45, 2.75) is 32.9 Å². The molecule has 3 aromatic carbocycles. The number of rotatable bonds is 11. The Balaban J connectivity index is 1.58. The van der Waals surface area contributed by atoms with E-state index < -0.39 is 10.8 Å². The summed E-state index contributed by atoms with van der Waals surface area (Å²) in [5.41, 5.74) is 2.97. The Kier molecular flexibility index (Phi) is 8.60. The first-order valence-electron chi connectivity index (χ1n) is 12.8. The number of hydrogen-bond donors (Lipinski definition) is 1. The van der Waals surface area contributed by atoms with Gasteiger partial charge >= 0.3 is 0 Å². The van der Waals surface area contributed by atoms with E-state index in [1.807, 2.05) is 68.6 Å². The summed E-state index contributed by atoms with van der Waals surface area (Å²) < 4.78 is 5.52. The topological polar surface area (TPSA) is 109 Å². The third-order valence-corrected chi connectivity index (χ3v) is 6.73. The molecule has 0 saturated carbocycles. The van der Waals surface area contributed by atoms with Crippen LogP contribution in [0.1, 0.15) is 35.3 Å². The summed E-state index contributed by atoms with van der Waals surface area (Å²) in [6.07, 6.45) is 2.58. The second-order valence-electron chi connectivity index (χ2n) is 9.57. The monoisotopic (exact) mass is 528 g/mol. The van der Waals surface area contributed by atoms with Crippen molar-refractivity contribution in [3.05, 3.63) is 106 Å². The second-order valence-corrected chi connectivity index (χ2v) is 9.57. The van der Waals surface area contributed by atoms with Crippen LogP contribution < -0.4 is 4.74 Å². The molecular weight excluding hydrogens is 496 g/mol. The molecule has 1 N–H and O–H groups in total. The zero-order valence-electron chi connectivity index (χ0n) is 22.3. The maximum atomic E-state index is 13.8. The number of aromatic amines is 1. The molecule has 1 heterocycles. The first-order chi connectivity index (χ1) is 18.8. The number of methoxy groups -OCH3 is 1. The molecule has 4 rings (SSSR count). The molecule has 0 unspecified atom stereocenters. The molecule has 1 aromatic heterocycles. The number of nitrogens with one attached hydrogen (secondary N) is 1. The molecule has 2 amide bonds. The number of carbonyl (C=O) groups is 2. The van der Waals surface area contributed by atoms with Crippen LogP contribution in [0.4, 0.5) is 5.69 Å². The van der Waals surface area contributed by atoms with E-state index in [1.54, 1.807) is 12.0 Å². The van der Waals surface area contributed by atoms with Gasteiger partial charge in [-0.3, -0.25) is 19.7 Å². The molecule has 0 fully saturated rings. The van der Waals surface area contributed by atoms with Gasteiger partial charge in [0.2, 0.25) is 5.91 Å². The summed E-state index contributed by atoms with van der Waals surface area (Å²) in [5.74, 6) is 0.0138. The lowest BCUT2D eigenvalue weighted by atomic mass is 10.1. The molecule has 202 valence electrons. The summed E-state index contributed by atoms with van der Waals surface area (Å²) >= 11 is 0. The number of H-pyrrole nitrogens is 1. The van der Waals surface area contributed by atoms with Crippen LogP contribution in [0.15, 0.2) is 79.0 Å². The minimum Gasteiger partial charge on any atom is -0.496 e. The molecule has 9 heteroatoms. The summed E-state index contributed by atoms with van der Waals surface area (Å²) in [5, 5.41) is 12.3. The molecule has 0 spiro atoms. The smallest absolute Gasteiger partial charge is 0.270 e. The summed E-state index contributed by atoms with van der Waals surface area (Å²) in [4.78, 5) is 44.3. The minimum absolute atomic E-state index is 0.164. The lowest BCUT2D eigenvalue weighted by Crippen LogP contribution is -2.46. The van der Waals surface area contributed by atoms with Crippen molar-refractivity contribution in [2.75, 3.05) is 20.2 Å². The van der Waals surface area contributed by atoms with Crippen molar-refractivity contribution in [3.8, 4) is 5.75 Å². The number of nitro benzene ring substituents is 1. The highest BCUT2D eigenvalue weighted by atomic mass is 16.6. The van der Waals surface area contributed by atoms with E-state index in [2.05, 4.69) is 4.98 Å². The number of carbonyl (C=O) groups excluding carboxylic acids is 2. The van der Waals surface area contributed by atoms with E-state index in [0.717, 1.165) is 22.0 Å². The van der Waals surface area contributed by atoms with Crippen LogP contribution in [0, 0.1) is 10.1 Å². The molecule has 0 aliphatic heterocycles. The Bertz CT molecular complexity index is 1480. The highest BCUT2D eigenvalue weighted by Gasteiger charge is 2.26. The van der Waals surface area contributed by atoms with Gasteiger partial charge < -0.3 is 19.5 Å². The molecule has 39 heavy (non-hydrogen) atoms. The van der Waals surface area contributed by atoms with Crippen LogP contribution >= 0.6 is 0 Å². The summed E-state index contributed by atoms with van der Waals surface area (Å²) in [7, 11) is 1.59. The average Bonchev–Trinajstić information content (AvgIpc) is 3.36. The third kappa shape index (κ3) is 6.43. The van der Waals surface area contributed by atoms with Gasteiger partial charge in [0.1, 0.15) is 12.3 Å². The highest BCUT2D eigenvalue weighted by molar-refractivity contribution is 5.97. The molecule has 4 aromatic rings. The molecule has 0 bridgehead atoms. The van der Waals surface area contributed by atoms with Gasteiger partial charge in [0.05, 0.1) is 12.0 Å². The molecule has 0 aliphatic rings. The van der Waals surface area contributed by atoms with Crippen molar-refractivity contribution < 1.29 is 19.2 Å². The average molecular weight is 529 g/mol. The third-order valence-electron chi connectivity index (χ3n) is 6.73. The van der Waals surface area contributed by atoms with Crippen LogP contribution in [0.25, 0.3) is 10.9 Å². The van der Waals surface area contributed by atoms with Gasteiger partial charge in [-0.05, 0) is 44.0 Å². The normalized spacial score (nSPS) is 11.0. The minimum atomic E-state index is -0.540. The number of non-ortho nitro benzene ring substituents is 1. The predicted molar refractivity (Wildman–Crippen MR) is 150 cm³/mol. The van der Waals surface area contributed by atoms with Crippen LogP contribution in [0.2, 0.25) is 0 Å². The number of nitrogens with zero attached hydrogens (tertiary/aromatic N) is 3. The van der Waals surface area contributed by atoms with Crippen molar-refractivity contribution in [1.82, 2.24) is 14.8 Å². The molecule has 0 radical (unpaired) electrons.